The van der Waals surface area contributed by atoms with Gasteiger partial charge >= 0.3 is 6.03 Å². The van der Waals surface area contributed by atoms with Crippen molar-refractivity contribution in [2.45, 2.75) is 18.9 Å². The predicted molar refractivity (Wildman–Crippen MR) is 80.8 cm³/mol. The Bertz CT molecular complexity index is 571. The standard InChI is InChI=1S/C16H20N2O3/c1-20-14-6-5-12(9-15(14)21-2)17-16(19)18-13-8-10-3-4-11(13)7-10/h3-6,9-11,13H,7-8H2,1-2H3,(H2,17,18,19). The summed E-state index contributed by atoms with van der Waals surface area (Å²) >= 11 is 0. The van der Waals surface area contributed by atoms with Crippen LogP contribution in [0.2, 0.25) is 0 Å². The molecule has 0 heterocycles. The molecule has 1 aromatic carbocycles. The Kier molecular flexibility index (Phi) is 3.73. The number of carbonyl (C=O) groups is 1. The Labute approximate surface area is 124 Å². The molecular formula is C16H20N2O3. The molecule has 2 bridgehead atoms. The van der Waals surface area contributed by atoms with Crippen LogP contribution in [0.5, 0.6) is 11.5 Å². The van der Waals surface area contributed by atoms with Gasteiger partial charge in [-0.3, -0.25) is 0 Å². The van der Waals surface area contributed by atoms with Gasteiger partial charge in [-0.2, -0.15) is 0 Å². The maximum Gasteiger partial charge on any atom is 0.319 e. The largest absolute Gasteiger partial charge is 0.493 e. The first-order valence-electron chi connectivity index (χ1n) is 7.17. The maximum absolute atomic E-state index is 12.1. The number of hydrogen-bond donors (Lipinski definition) is 2. The lowest BCUT2D eigenvalue weighted by atomic mass is 10.0. The van der Waals surface area contributed by atoms with Gasteiger partial charge in [0.05, 0.1) is 14.2 Å². The molecule has 0 spiro atoms. The van der Waals surface area contributed by atoms with Crippen LogP contribution in [-0.4, -0.2) is 26.3 Å². The lowest BCUT2D eigenvalue weighted by Gasteiger charge is -2.20. The molecule has 0 aromatic heterocycles. The highest BCUT2D eigenvalue weighted by Crippen LogP contribution is 2.39. The molecule has 1 fully saturated rings. The van der Waals surface area contributed by atoms with Crippen molar-refractivity contribution in [3.63, 3.8) is 0 Å². The summed E-state index contributed by atoms with van der Waals surface area (Å²) in [6.45, 7) is 0. The van der Waals surface area contributed by atoms with E-state index in [2.05, 4.69) is 22.8 Å². The van der Waals surface area contributed by atoms with Gasteiger partial charge < -0.3 is 20.1 Å². The third kappa shape index (κ3) is 2.82. The molecule has 3 unspecified atom stereocenters. The van der Waals surface area contributed by atoms with E-state index < -0.39 is 0 Å². The first-order chi connectivity index (χ1) is 10.2. The fourth-order valence-corrected chi connectivity index (χ4v) is 3.20. The highest BCUT2D eigenvalue weighted by Gasteiger charge is 2.36. The van der Waals surface area contributed by atoms with Crippen molar-refractivity contribution >= 4 is 11.7 Å². The van der Waals surface area contributed by atoms with Crippen molar-refractivity contribution in [1.82, 2.24) is 5.32 Å². The topological polar surface area (TPSA) is 59.6 Å². The molecule has 2 aliphatic carbocycles. The van der Waals surface area contributed by atoms with Gasteiger partial charge in [-0.15, -0.1) is 0 Å². The van der Waals surface area contributed by atoms with Gasteiger partial charge in [0.25, 0.3) is 0 Å². The average Bonchev–Trinajstić information content (AvgIpc) is 3.09. The monoisotopic (exact) mass is 288 g/mol. The van der Waals surface area contributed by atoms with Crippen LogP contribution in [0.1, 0.15) is 12.8 Å². The van der Waals surface area contributed by atoms with Gasteiger partial charge in [-0.05, 0) is 36.8 Å². The summed E-state index contributed by atoms with van der Waals surface area (Å²) in [6.07, 6.45) is 6.69. The summed E-state index contributed by atoms with van der Waals surface area (Å²) in [5.41, 5.74) is 0.684. The van der Waals surface area contributed by atoms with Crippen molar-refractivity contribution in [3.8, 4) is 11.5 Å². The number of anilines is 1. The molecule has 1 aromatic rings. The Balaban J connectivity index is 1.61. The molecule has 3 rings (SSSR count). The molecule has 2 amide bonds. The van der Waals surface area contributed by atoms with Crippen LogP contribution in [0.3, 0.4) is 0 Å². The second-order valence-electron chi connectivity index (χ2n) is 5.55. The van der Waals surface area contributed by atoms with Gasteiger partial charge in [-0.1, -0.05) is 12.2 Å². The summed E-state index contributed by atoms with van der Waals surface area (Å²) in [4.78, 5) is 12.1. The van der Waals surface area contributed by atoms with Gasteiger partial charge in [-0.25, -0.2) is 4.79 Å². The van der Waals surface area contributed by atoms with E-state index in [1.54, 1.807) is 32.4 Å². The highest BCUT2D eigenvalue weighted by atomic mass is 16.5. The van der Waals surface area contributed by atoms with Crippen molar-refractivity contribution in [2.75, 3.05) is 19.5 Å². The van der Waals surface area contributed by atoms with Gasteiger partial charge in [0.15, 0.2) is 11.5 Å². The van der Waals surface area contributed by atoms with Crippen LogP contribution in [-0.2, 0) is 0 Å². The minimum atomic E-state index is -0.173. The molecule has 5 nitrogen and oxygen atoms in total. The molecule has 2 aliphatic rings. The summed E-state index contributed by atoms with van der Waals surface area (Å²) in [7, 11) is 3.16. The molecule has 2 N–H and O–H groups in total. The van der Waals surface area contributed by atoms with E-state index >= 15 is 0 Å². The van der Waals surface area contributed by atoms with Gasteiger partial charge in [0.1, 0.15) is 0 Å². The summed E-state index contributed by atoms with van der Waals surface area (Å²) in [5.74, 6) is 2.37. The number of fused-ring (bicyclic) bond motifs is 2. The zero-order valence-electron chi connectivity index (χ0n) is 12.3. The van der Waals surface area contributed by atoms with E-state index in [-0.39, 0.29) is 12.1 Å². The van der Waals surface area contributed by atoms with Crippen LogP contribution in [0.25, 0.3) is 0 Å². The number of carbonyl (C=O) groups excluding carboxylic acids is 1. The SMILES string of the molecule is COc1ccc(NC(=O)NC2CC3C=CC2C3)cc1OC. The maximum atomic E-state index is 12.1. The number of amides is 2. The van der Waals surface area contributed by atoms with Crippen LogP contribution >= 0.6 is 0 Å². The lowest BCUT2D eigenvalue weighted by Crippen LogP contribution is -2.40. The van der Waals surface area contributed by atoms with Crippen molar-refractivity contribution in [2.24, 2.45) is 11.8 Å². The number of hydrogen-bond acceptors (Lipinski definition) is 3. The molecule has 5 heteroatoms. The smallest absolute Gasteiger partial charge is 0.319 e. The number of ether oxygens (including phenoxy) is 2. The first kappa shape index (κ1) is 13.8. The van der Waals surface area contributed by atoms with E-state index in [0.717, 1.165) is 6.42 Å². The summed E-state index contributed by atoms with van der Waals surface area (Å²) in [5, 5.41) is 5.90. The quantitative estimate of drug-likeness (QED) is 0.838. The second kappa shape index (κ2) is 5.68. The van der Waals surface area contributed by atoms with E-state index in [9.17, 15) is 4.79 Å². The van der Waals surface area contributed by atoms with Gasteiger partial charge in [0.2, 0.25) is 0 Å². The van der Waals surface area contributed by atoms with Crippen LogP contribution in [0.15, 0.2) is 30.4 Å². The van der Waals surface area contributed by atoms with Crippen molar-refractivity contribution < 1.29 is 14.3 Å². The molecule has 112 valence electrons. The first-order valence-corrected chi connectivity index (χ1v) is 7.17. The molecule has 0 aliphatic heterocycles. The predicted octanol–water partition coefficient (Wildman–Crippen LogP) is 2.79. The van der Waals surface area contributed by atoms with E-state index in [4.69, 9.17) is 9.47 Å². The zero-order chi connectivity index (χ0) is 14.8. The van der Waals surface area contributed by atoms with Crippen LogP contribution in [0.4, 0.5) is 10.5 Å². The Morgan fingerprint density at radius 2 is 1.95 bits per heavy atom. The Hall–Kier alpha value is -2.17. The summed E-state index contributed by atoms with van der Waals surface area (Å²) < 4.78 is 10.4. The van der Waals surface area contributed by atoms with Gasteiger partial charge in [0, 0.05) is 17.8 Å². The summed E-state index contributed by atoms with van der Waals surface area (Å²) in [6, 6.07) is 5.39. The normalized spacial score (nSPS) is 25.7. The fraction of sp³-hybridized carbons (Fsp3) is 0.438. The third-order valence-corrected chi connectivity index (χ3v) is 4.24. The molecule has 3 atom stereocenters. The number of benzene rings is 1. The van der Waals surface area contributed by atoms with Crippen molar-refractivity contribution in [3.05, 3.63) is 30.4 Å². The zero-order valence-corrected chi connectivity index (χ0v) is 12.3. The van der Waals surface area contributed by atoms with E-state index in [1.807, 2.05) is 0 Å². The number of urea groups is 1. The lowest BCUT2D eigenvalue weighted by molar-refractivity contribution is 0.246. The van der Waals surface area contributed by atoms with E-state index in [1.165, 1.54) is 6.42 Å². The van der Waals surface area contributed by atoms with Crippen molar-refractivity contribution in [1.29, 1.82) is 0 Å². The second-order valence-corrected chi connectivity index (χ2v) is 5.55. The Morgan fingerprint density at radius 1 is 1.14 bits per heavy atom. The Morgan fingerprint density at radius 3 is 2.57 bits per heavy atom. The minimum Gasteiger partial charge on any atom is -0.493 e. The van der Waals surface area contributed by atoms with E-state index in [0.29, 0.717) is 29.0 Å². The molecule has 0 saturated heterocycles. The molecule has 21 heavy (non-hydrogen) atoms. The molecule has 1 saturated carbocycles. The third-order valence-electron chi connectivity index (χ3n) is 4.24. The molecule has 0 radical (unpaired) electrons. The average molecular weight is 288 g/mol. The fourth-order valence-electron chi connectivity index (χ4n) is 3.20. The van der Waals surface area contributed by atoms with Crippen LogP contribution < -0.4 is 20.1 Å². The molecular weight excluding hydrogens is 268 g/mol. The number of nitrogens with one attached hydrogen (secondary N) is 2. The number of methoxy groups -OCH3 is 2. The highest BCUT2D eigenvalue weighted by molar-refractivity contribution is 5.90. The van der Waals surface area contributed by atoms with Crippen LogP contribution in [0, 0.1) is 11.8 Å². The minimum absolute atomic E-state index is 0.173. The number of allylic oxidation sites excluding steroid dienone is 1. The number of rotatable bonds is 4.